The first kappa shape index (κ1) is 13.1. The lowest BCUT2D eigenvalue weighted by molar-refractivity contribution is -0.147. The minimum atomic E-state index is -0.904. The first-order valence-electron chi connectivity index (χ1n) is 6.41. The van der Waals surface area contributed by atoms with Crippen molar-refractivity contribution in [3.05, 3.63) is 12.2 Å². The average molecular weight is 253 g/mol. The smallest absolute Gasteiger partial charge is 0.307 e. The van der Waals surface area contributed by atoms with E-state index in [1.165, 1.54) is 0 Å². The summed E-state index contributed by atoms with van der Waals surface area (Å²) < 4.78 is 0. The number of aliphatic hydroxyl groups excluding tert-OH is 1. The van der Waals surface area contributed by atoms with Gasteiger partial charge in [-0.3, -0.25) is 9.59 Å². The summed E-state index contributed by atoms with van der Waals surface area (Å²) in [4.78, 5) is 23.0. The van der Waals surface area contributed by atoms with Gasteiger partial charge in [-0.2, -0.15) is 0 Å². The zero-order valence-electron chi connectivity index (χ0n) is 10.2. The van der Waals surface area contributed by atoms with Gasteiger partial charge in [0, 0.05) is 6.54 Å². The largest absolute Gasteiger partial charge is 0.481 e. The molecule has 100 valence electrons. The summed E-state index contributed by atoms with van der Waals surface area (Å²) in [5, 5.41) is 21.0. The predicted molar refractivity (Wildman–Crippen MR) is 64.7 cm³/mol. The monoisotopic (exact) mass is 253 g/mol. The average Bonchev–Trinajstić information content (AvgIpc) is 2.32. The Bertz CT molecular complexity index is 360. The van der Waals surface area contributed by atoms with Crippen molar-refractivity contribution < 1.29 is 19.8 Å². The van der Waals surface area contributed by atoms with Crippen LogP contribution in [0.1, 0.15) is 25.7 Å². The maximum atomic E-state index is 12.0. The van der Waals surface area contributed by atoms with Crippen molar-refractivity contribution >= 4 is 11.9 Å². The van der Waals surface area contributed by atoms with Gasteiger partial charge in [0.05, 0.1) is 17.9 Å². The van der Waals surface area contributed by atoms with Gasteiger partial charge in [-0.15, -0.1) is 0 Å². The Morgan fingerprint density at radius 3 is 2.33 bits per heavy atom. The quantitative estimate of drug-likeness (QED) is 0.638. The molecule has 0 saturated heterocycles. The molecule has 2 aliphatic carbocycles. The molecule has 18 heavy (non-hydrogen) atoms. The predicted octanol–water partition coefficient (Wildman–Crippen LogP) is 0.540. The Hall–Kier alpha value is -1.36. The number of carbonyl (C=O) groups excluding carboxylic acids is 1. The highest BCUT2D eigenvalue weighted by atomic mass is 16.4. The van der Waals surface area contributed by atoms with Crippen LogP contribution in [0.5, 0.6) is 0 Å². The van der Waals surface area contributed by atoms with Crippen LogP contribution in [0.25, 0.3) is 0 Å². The molecular weight excluding hydrogens is 234 g/mol. The summed E-state index contributed by atoms with van der Waals surface area (Å²) in [7, 11) is 0. The highest BCUT2D eigenvalue weighted by molar-refractivity contribution is 5.85. The van der Waals surface area contributed by atoms with Gasteiger partial charge in [0.15, 0.2) is 0 Å². The highest BCUT2D eigenvalue weighted by Gasteiger charge is 2.34. The van der Waals surface area contributed by atoms with Gasteiger partial charge in [0.1, 0.15) is 0 Å². The molecule has 0 aromatic rings. The van der Waals surface area contributed by atoms with Crippen LogP contribution in [0.4, 0.5) is 0 Å². The fraction of sp³-hybridized carbons (Fsp3) is 0.692. The standard InChI is InChI=1S/C13H19NO4/c15-9-5-8(6-9)7-14-12(16)10-3-1-2-4-11(10)13(17)18/h1-2,8-11,15H,3-7H2,(H,14,16)(H,17,18). The van der Waals surface area contributed by atoms with Gasteiger partial charge in [0.2, 0.25) is 5.91 Å². The highest BCUT2D eigenvalue weighted by Crippen LogP contribution is 2.28. The van der Waals surface area contributed by atoms with E-state index < -0.39 is 17.8 Å². The molecule has 0 aromatic carbocycles. The molecule has 0 bridgehead atoms. The third-order valence-electron chi connectivity index (χ3n) is 3.86. The third-order valence-corrected chi connectivity index (χ3v) is 3.86. The molecule has 2 rings (SSSR count). The van der Waals surface area contributed by atoms with Crippen LogP contribution in [-0.4, -0.2) is 34.7 Å². The zero-order chi connectivity index (χ0) is 13.1. The molecule has 0 spiro atoms. The van der Waals surface area contributed by atoms with Gasteiger partial charge >= 0.3 is 5.97 Å². The molecule has 5 nitrogen and oxygen atoms in total. The van der Waals surface area contributed by atoms with Crippen LogP contribution in [0.2, 0.25) is 0 Å². The van der Waals surface area contributed by atoms with Crippen molar-refractivity contribution in [1.82, 2.24) is 5.32 Å². The number of allylic oxidation sites excluding steroid dienone is 2. The summed E-state index contributed by atoms with van der Waals surface area (Å²) in [5.41, 5.74) is 0. The Balaban J connectivity index is 1.83. The summed E-state index contributed by atoms with van der Waals surface area (Å²) in [6, 6.07) is 0. The van der Waals surface area contributed by atoms with Gasteiger partial charge in [0.25, 0.3) is 0 Å². The number of carbonyl (C=O) groups is 2. The number of nitrogens with one attached hydrogen (secondary N) is 1. The summed E-state index contributed by atoms with van der Waals surface area (Å²) in [6.45, 7) is 0.544. The van der Waals surface area contributed by atoms with Gasteiger partial charge in [-0.1, -0.05) is 12.2 Å². The Morgan fingerprint density at radius 1 is 1.17 bits per heavy atom. The lowest BCUT2D eigenvalue weighted by Crippen LogP contribution is -2.43. The fourth-order valence-electron chi connectivity index (χ4n) is 2.62. The summed E-state index contributed by atoms with van der Waals surface area (Å²) in [5.74, 6) is -1.81. The van der Waals surface area contributed by atoms with E-state index in [1.54, 1.807) is 0 Å². The topological polar surface area (TPSA) is 86.6 Å². The minimum absolute atomic E-state index is 0.173. The van der Waals surface area contributed by atoms with E-state index in [9.17, 15) is 9.59 Å². The van der Waals surface area contributed by atoms with Crippen molar-refractivity contribution in [1.29, 1.82) is 0 Å². The molecule has 0 radical (unpaired) electrons. The lowest BCUT2D eigenvalue weighted by atomic mass is 9.81. The molecule has 2 unspecified atom stereocenters. The Kier molecular flexibility index (Phi) is 4.01. The van der Waals surface area contributed by atoms with Gasteiger partial charge in [-0.25, -0.2) is 0 Å². The number of carboxylic acid groups (broad SMARTS) is 1. The second-order valence-electron chi connectivity index (χ2n) is 5.23. The van der Waals surface area contributed by atoms with E-state index in [0.29, 0.717) is 25.3 Å². The molecule has 0 aromatic heterocycles. The van der Waals surface area contributed by atoms with Crippen LogP contribution >= 0.6 is 0 Å². The zero-order valence-corrected chi connectivity index (χ0v) is 10.2. The van der Waals surface area contributed by atoms with E-state index in [0.717, 1.165) is 12.8 Å². The van der Waals surface area contributed by atoms with Crippen LogP contribution in [0.3, 0.4) is 0 Å². The Morgan fingerprint density at radius 2 is 1.78 bits per heavy atom. The molecule has 0 aliphatic heterocycles. The van der Waals surface area contributed by atoms with Crippen molar-refractivity contribution in [3.8, 4) is 0 Å². The molecule has 5 heteroatoms. The summed E-state index contributed by atoms with van der Waals surface area (Å²) in [6.07, 6.45) is 5.85. The Labute approximate surface area is 106 Å². The number of hydrogen-bond acceptors (Lipinski definition) is 3. The lowest BCUT2D eigenvalue weighted by Gasteiger charge is -2.32. The number of aliphatic hydroxyl groups is 1. The third kappa shape index (κ3) is 2.90. The van der Waals surface area contributed by atoms with Crippen LogP contribution in [0.15, 0.2) is 12.2 Å². The molecular formula is C13H19NO4. The molecule has 2 aliphatic rings. The number of aliphatic carboxylic acids is 1. The molecule has 2 atom stereocenters. The SMILES string of the molecule is O=C(O)C1CC=CCC1C(=O)NCC1CC(O)C1. The number of rotatable bonds is 4. The second kappa shape index (κ2) is 5.52. The van der Waals surface area contributed by atoms with E-state index >= 15 is 0 Å². The molecule has 1 amide bonds. The second-order valence-corrected chi connectivity index (χ2v) is 5.23. The normalized spacial score (nSPS) is 34.7. The van der Waals surface area contributed by atoms with Crippen LogP contribution in [-0.2, 0) is 9.59 Å². The summed E-state index contributed by atoms with van der Waals surface area (Å²) >= 11 is 0. The van der Waals surface area contributed by atoms with Gasteiger partial charge < -0.3 is 15.5 Å². The number of hydrogen-bond donors (Lipinski definition) is 3. The van der Waals surface area contributed by atoms with E-state index in [2.05, 4.69) is 5.32 Å². The van der Waals surface area contributed by atoms with E-state index in [1.807, 2.05) is 12.2 Å². The first-order chi connectivity index (χ1) is 8.58. The van der Waals surface area contributed by atoms with E-state index in [-0.39, 0.29) is 12.0 Å². The van der Waals surface area contributed by atoms with E-state index in [4.69, 9.17) is 10.2 Å². The van der Waals surface area contributed by atoms with Crippen molar-refractivity contribution in [2.24, 2.45) is 17.8 Å². The maximum Gasteiger partial charge on any atom is 0.307 e. The maximum absolute atomic E-state index is 12.0. The minimum Gasteiger partial charge on any atom is -0.481 e. The van der Waals surface area contributed by atoms with Crippen molar-refractivity contribution in [3.63, 3.8) is 0 Å². The first-order valence-corrected chi connectivity index (χ1v) is 6.41. The van der Waals surface area contributed by atoms with Gasteiger partial charge in [-0.05, 0) is 31.6 Å². The van der Waals surface area contributed by atoms with Crippen LogP contribution < -0.4 is 5.32 Å². The molecule has 0 heterocycles. The molecule has 1 saturated carbocycles. The van der Waals surface area contributed by atoms with Crippen LogP contribution in [0, 0.1) is 17.8 Å². The fourth-order valence-corrected chi connectivity index (χ4v) is 2.62. The molecule has 1 fully saturated rings. The van der Waals surface area contributed by atoms with Crippen molar-refractivity contribution in [2.75, 3.05) is 6.54 Å². The molecule has 3 N–H and O–H groups in total. The number of carboxylic acids is 1. The van der Waals surface area contributed by atoms with Crippen molar-refractivity contribution in [2.45, 2.75) is 31.8 Å². The number of amides is 1.